The summed E-state index contributed by atoms with van der Waals surface area (Å²) in [5.41, 5.74) is 4.28. The van der Waals surface area contributed by atoms with Crippen molar-refractivity contribution in [3.63, 3.8) is 0 Å². The molecule has 0 fully saturated rings. The standard InChI is InChI=1S/C20H17N3O2S/c1-13-7-8-14(2)17(11-13)22-10-9-21-20(22)26-12-23-18(24)15-5-3-4-6-16(15)19(23)25/h3-11H,12H2,1-2H3. The zero-order chi connectivity index (χ0) is 18.3. The molecule has 0 N–H and O–H groups in total. The van der Waals surface area contributed by atoms with Gasteiger partial charge in [0.1, 0.15) is 0 Å². The Morgan fingerprint density at radius 3 is 2.38 bits per heavy atom. The first-order valence-electron chi connectivity index (χ1n) is 8.25. The van der Waals surface area contributed by atoms with E-state index < -0.39 is 0 Å². The zero-order valence-electron chi connectivity index (χ0n) is 14.5. The molecule has 1 aromatic heterocycles. The average Bonchev–Trinajstić information content (AvgIpc) is 3.20. The molecule has 6 heteroatoms. The molecule has 2 aromatic carbocycles. The summed E-state index contributed by atoms with van der Waals surface area (Å²) in [6.07, 6.45) is 3.62. The monoisotopic (exact) mass is 363 g/mol. The Hall–Kier alpha value is -2.86. The molecule has 2 heterocycles. The van der Waals surface area contributed by atoms with Gasteiger partial charge in [-0.1, -0.05) is 36.0 Å². The third-order valence-corrected chi connectivity index (χ3v) is 5.38. The number of fused-ring (bicyclic) bond motifs is 1. The van der Waals surface area contributed by atoms with Gasteiger partial charge in [-0.05, 0) is 43.2 Å². The normalized spacial score (nSPS) is 13.4. The number of aryl methyl sites for hydroxylation is 2. The van der Waals surface area contributed by atoms with E-state index in [-0.39, 0.29) is 17.7 Å². The van der Waals surface area contributed by atoms with Crippen LogP contribution in [0.1, 0.15) is 31.8 Å². The molecule has 0 spiro atoms. The summed E-state index contributed by atoms with van der Waals surface area (Å²) in [4.78, 5) is 30.6. The number of carbonyl (C=O) groups excluding carboxylic acids is 2. The molecule has 0 saturated carbocycles. The second-order valence-corrected chi connectivity index (χ2v) is 7.14. The van der Waals surface area contributed by atoms with E-state index in [2.05, 4.69) is 23.2 Å². The van der Waals surface area contributed by atoms with Gasteiger partial charge in [0.15, 0.2) is 5.16 Å². The fourth-order valence-electron chi connectivity index (χ4n) is 3.04. The van der Waals surface area contributed by atoms with E-state index in [1.165, 1.54) is 16.7 Å². The summed E-state index contributed by atoms with van der Waals surface area (Å²) in [6.45, 7) is 4.10. The molecule has 0 unspecified atom stereocenters. The van der Waals surface area contributed by atoms with Gasteiger partial charge in [0.05, 0.1) is 22.7 Å². The fourth-order valence-corrected chi connectivity index (χ4v) is 3.95. The van der Waals surface area contributed by atoms with Gasteiger partial charge in [-0.3, -0.25) is 19.1 Å². The summed E-state index contributed by atoms with van der Waals surface area (Å²) >= 11 is 1.37. The highest BCUT2D eigenvalue weighted by Gasteiger charge is 2.35. The molecule has 26 heavy (non-hydrogen) atoms. The Labute approximate surface area is 155 Å². The molecule has 1 aliphatic heterocycles. The van der Waals surface area contributed by atoms with Crippen molar-refractivity contribution in [1.82, 2.24) is 14.5 Å². The summed E-state index contributed by atoms with van der Waals surface area (Å²) in [5, 5.41) is 0.746. The Balaban J connectivity index is 1.58. The van der Waals surface area contributed by atoms with Crippen molar-refractivity contribution >= 4 is 23.6 Å². The topological polar surface area (TPSA) is 55.2 Å². The highest BCUT2D eigenvalue weighted by atomic mass is 32.2. The lowest BCUT2D eigenvalue weighted by Crippen LogP contribution is -2.29. The van der Waals surface area contributed by atoms with E-state index in [4.69, 9.17) is 0 Å². The van der Waals surface area contributed by atoms with E-state index >= 15 is 0 Å². The average molecular weight is 363 g/mol. The van der Waals surface area contributed by atoms with Crippen molar-refractivity contribution in [2.24, 2.45) is 0 Å². The molecule has 130 valence electrons. The van der Waals surface area contributed by atoms with Gasteiger partial charge >= 0.3 is 0 Å². The fraction of sp³-hybridized carbons (Fsp3) is 0.150. The molecule has 2 amide bonds. The minimum atomic E-state index is -0.247. The highest BCUT2D eigenvalue weighted by Crippen LogP contribution is 2.28. The maximum atomic E-state index is 12.5. The number of carbonyl (C=O) groups is 2. The van der Waals surface area contributed by atoms with Crippen LogP contribution in [0.5, 0.6) is 0 Å². The lowest BCUT2D eigenvalue weighted by molar-refractivity contribution is 0.0684. The Kier molecular flexibility index (Phi) is 4.12. The van der Waals surface area contributed by atoms with Crippen molar-refractivity contribution in [1.29, 1.82) is 0 Å². The molecule has 4 rings (SSSR count). The molecule has 0 saturated heterocycles. The number of thioether (sulfide) groups is 1. The van der Waals surface area contributed by atoms with Crippen LogP contribution in [-0.4, -0.2) is 32.1 Å². The molecule has 0 aliphatic carbocycles. The van der Waals surface area contributed by atoms with Crippen LogP contribution in [0.25, 0.3) is 5.69 Å². The van der Waals surface area contributed by atoms with E-state index in [0.717, 1.165) is 22.0 Å². The highest BCUT2D eigenvalue weighted by molar-refractivity contribution is 7.99. The number of amides is 2. The molecule has 0 radical (unpaired) electrons. The molecular formula is C20H17N3O2S. The maximum absolute atomic E-state index is 12.5. The zero-order valence-corrected chi connectivity index (χ0v) is 15.3. The van der Waals surface area contributed by atoms with E-state index in [1.807, 2.05) is 24.6 Å². The van der Waals surface area contributed by atoms with Gasteiger partial charge in [-0.25, -0.2) is 4.98 Å². The predicted molar refractivity (Wildman–Crippen MR) is 101 cm³/mol. The van der Waals surface area contributed by atoms with Gasteiger partial charge in [-0.2, -0.15) is 0 Å². The smallest absolute Gasteiger partial charge is 0.262 e. The SMILES string of the molecule is Cc1ccc(C)c(-n2ccnc2SCN2C(=O)c3ccccc3C2=O)c1. The quantitative estimate of drug-likeness (QED) is 0.522. The lowest BCUT2D eigenvalue weighted by atomic mass is 10.1. The number of imide groups is 1. The number of imidazole rings is 1. The van der Waals surface area contributed by atoms with E-state index in [1.54, 1.807) is 30.5 Å². The second kappa shape index (κ2) is 6.46. The number of benzene rings is 2. The third-order valence-electron chi connectivity index (χ3n) is 4.43. The van der Waals surface area contributed by atoms with Crippen LogP contribution in [0.4, 0.5) is 0 Å². The Morgan fingerprint density at radius 2 is 1.69 bits per heavy atom. The third kappa shape index (κ3) is 2.72. The maximum Gasteiger partial charge on any atom is 0.262 e. The first-order valence-corrected chi connectivity index (χ1v) is 9.24. The number of rotatable bonds is 4. The molecule has 0 bridgehead atoms. The Bertz CT molecular complexity index is 990. The van der Waals surface area contributed by atoms with Crippen molar-refractivity contribution < 1.29 is 9.59 Å². The summed E-state index contributed by atoms with van der Waals surface area (Å²) < 4.78 is 1.99. The number of nitrogens with zero attached hydrogens (tertiary/aromatic N) is 3. The van der Waals surface area contributed by atoms with Crippen LogP contribution in [0.3, 0.4) is 0 Å². The molecule has 0 atom stereocenters. The van der Waals surface area contributed by atoms with E-state index in [0.29, 0.717) is 11.1 Å². The Morgan fingerprint density at radius 1 is 1.00 bits per heavy atom. The van der Waals surface area contributed by atoms with Crippen LogP contribution < -0.4 is 0 Å². The van der Waals surface area contributed by atoms with Crippen molar-refractivity contribution in [2.75, 3.05) is 5.88 Å². The van der Waals surface area contributed by atoms with Gasteiger partial charge < -0.3 is 0 Å². The van der Waals surface area contributed by atoms with Gasteiger partial charge in [0, 0.05) is 12.4 Å². The summed E-state index contributed by atoms with van der Waals surface area (Å²) in [7, 11) is 0. The first-order chi connectivity index (χ1) is 12.6. The minimum Gasteiger partial charge on any atom is -0.295 e. The van der Waals surface area contributed by atoms with Crippen molar-refractivity contribution in [3.05, 3.63) is 77.1 Å². The predicted octanol–water partition coefficient (Wildman–Crippen LogP) is 3.83. The summed E-state index contributed by atoms with van der Waals surface area (Å²) in [6, 6.07) is 13.2. The van der Waals surface area contributed by atoms with Crippen LogP contribution in [0.15, 0.2) is 60.0 Å². The van der Waals surface area contributed by atoms with Gasteiger partial charge in [-0.15, -0.1) is 0 Å². The number of aromatic nitrogens is 2. The molecular weight excluding hydrogens is 346 g/mol. The molecule has 3 aromatic rings. The van der Waals surface area contributed by atoms with Crippen LogP contribution >= 0.6 is 11.8 Å². The minimum absolute atomic E-state index is 0.230. The van der Waals surface area contributed by atoms with E-state index in [9.17, 15) is 9.59 Å². The van der Waals surface area contributed by atoms with Gasteiger partial charge in [0.25, 0.3) is 11.8 Å². The first kappa shape index (κ1) is 16.6. The second-order valence-electron chi connectivity index (χ2n) is 6.23. The largest absolute Gasteiger partial charge is 0.295 e. The molecule has 5 nitrogen and oxygen atoms in total. The number of hydrogen-bond acceptors (Lipinski definition) is 4. The molecule has 1 aliphatic rings. The van der Waals surface area contributed by atoms with Crippen LogP contribution in [0, 0.1) is 13.8 Å². The van der Waals surface area contributed by atoms with Gasteiger partial charge in [0.2, 0.25) is 0 Å². The van der Waals surface area contributed by atoms with Crippen molar-refractivity contribution in [3.8, 4) is 5.69 Å². The summed E-state index contributed by atoms with van der Waals surface area (Å²) in [5.74, 6) is -0.264. The number of hydrogen-bond donors (Lipinski definition) is 0. The van der Waals surface area contributed by atoms with Crippen LogP contribution in [-0.2, 0) is 0 Å². The lowest BCUT2D eigenvalue weighted by Gasteiger charge is -2.15. The van der Waals surface area contributed by atoms with Crippen molar-refractivity contribution in [2.45, 2.75) is 19.0 Å². The van der Waals surface area contributed by atoms with Crippen LogP contribution in [0.2, 0.25) is 0 Å².